The van der Waals surface area contributed by atoms with Crippen molar-refractivity contribution >= 4 is 23.6 Å². The quantitative estimate of drug-likeness (QED) is 0.791. The van der Waals surface area contributed by atoms with E-state index >= 15 is 0 Å². The van der Waals surface area contributed by atoms with Crippen molar-refractivity contribution < 1.29 is 14.7 Å². The summed E-state index contributed by atoms with van der Waals surface area (Å²) in [4.78, 5) is 26.8. The molecule has 0 amide bonds. The van der Waals surface area contributed by atoms with Crippen molar-refractivity contribution in [1.29, 1.82) is 0 Å². The predicted octanol–water partition coefficient (Wildman–Crippen LogP) is 1.75. The van der Waals surface area contributed by atoms with Gasteiger partial charge >= 0.3 is 5.97 Å². The normalized spacial score (nSPS) is 15.2. The van der Waals surface area contributed by atoms with Gasteiger partial charge in [0.05, 0.1) is 10.9 Å². The van der Waals surface area contributed by atoms with Gasteiger partial charge in [-0.2, -0.15) is 0 Å². The fourth-order valence-electron chi connectivity index (χ4n) is 2.17. The molecule has 20 heavy (non-hydrogen) atoms. The topological polar surface area (TPSA) is 93.3 Å². The Labute approximate surface area is 120 Å². The van der Waals surface area contributed by atoms with Gasteiger partial charge in [-0.1, -0.05) is 30.3 Å². The zero-order valence-corrected chi connectivity index (χ0v) is 11.4. The highest BCUT2D eigenvalue weighted by Crippen LogP contribution is 2.38. The Balaban J connectivity index is 2.55. The number of nitrogens with two attached hydrogens (primary N) is 1. The lowest BCUT2D eigenvalue weighted by atomic mass is 9.77. The second-order valence-electron chi connectivity index (χ2n) is 4.37. The first kappa shape index (κ1) is 14.4. The van der Waals surface area contributed by atoms with Gasteiger partial charge in [-0.3, -0.25) is 0 Å². The van der Waals surface area contributed by atoms with Crippen LogP contribution in [0.3, 0.4) is 0 Å². The van der Waals surface area contributed by atoms with Crippen LogP contribution < -0.4 is 5.73 Å². The standard InChI is InChI=1S/C14H14N2O3S/c15-14(13(18)19,10-4-2-1-3-5-10)11(6-8-17)12-16-7-9-20-12/h1-5,7-9,11H,6,15H2,(H,18,19). The molecule has 0 aliphatic carbocycles. The molecule has 0 saturated carbocycles. The molecule has 5 nitrogen and oxygen atoms in total. The number of rotatable bonds is 6. The maximum Gasteiger partial charge on any atom is 0.329 e. The molecular weight excluding hydrogens is 276 g/mol. The van der Waals surface area contributed by atoms with Gasteiger partial charge < -0.3 is 15.6 Å². The van der Waals surface area contributed by atoms with Crippen molar-refractivity contribution in [3.8, 4) is 0 Å². The molecule has 0 aliphatic heterocycles. The molecule has 0 bridgehead atoms. The molecule has 6 heteroatoms. The van der Waals surface area contributed by atoms with Crippen molar-refractivity contribution in [2.24, 2.45) is 5.73 Å². The first-order chi connectivity index (χ1) is 9.60. The Morgan fingerprint density at radius 2 is 2.15 bits per heavy atom. The third-order valence-corrected chi connectivity index (χ3v) is 4.13. The Hall–Kier alpha value is -2.05. The number of carboxylic acid groups (broad SMARTS) is 1. The van der Waals surface area contributed by atoms with Crippen LogP contribution in [0.2, 0.25) is 0 Å². The largest absolute Gasteiger partial charge is 0.480 e. The molecule has 0 spiro atoms. The lowest BCUT2D eigenvalue weighted by Crippen LogP contribution is -2.50. The first-order valence-electron chi connectivity index (χ1n) is 6.01. The molecule has 1 aromatic heterocycles. The van der Waals surface area contributed by atoms with Crippen LogP contribution in [0.4, 0.5) is 0 Å². The highest BCUT2D eigenvalue weighted by atomic mass is 32.1. The average molecular weight is 290 g/mol. The number of aliphatic carboxylic acids is 1. The van der Waals surface area contributed by atoms with Gasteiger partial charge in [0.2, 0.25) is 0 Å². The molecule has 0 fully saturated rings. The number of hydrogen-bond donors (Lipinski definition) is 2. The molecule has 2 rings (SSSR count). The molecule has 0 aliphatic rings. The average Bonchev–Trinajstić information content (AvgIpc) is 2.98. The highest BCUT2D eigenvalue weighted by molar-refractivity contribution is 7.09. The van der Waals surface area contributed by atoms with Crippen molar-refractivity contribution in [2.45, 2.75) is 17.9 Å². The summed E-state index contributed by atoms with van der Waals surface area (Å²) in [5, 5.41) is 11.9. The van der Waals surface area contributed by atoms with Crippen molar-refractivity contribution in [3.05, 3.63) is 52.5 Å². The Bertz CT molecular complexity index is 586. The van der Waals surface area contributed by atoms with E-state index in [1.807, 2.05) is 0 Å². The number of aldehydes is 1. The van der Waals surface area contributed by atoms with Crippen molar-refractivity contribution in [1.82, 2.24) is 4.98 Å². The second kappa shape index (κ2) is 5.94. The number of hydrogen-bond acceptors (Lipinski definition) is 5. The number of carbonyl (C=O) groups excluding carboxylic acids is 1. The van der Waals surface area contributed by atoms with E-state index in [9.17, 15) is 14.7 Å². The van der Waals surface area contributed by atoms with Crippen molar-refractivity contribution in [3.63, 3.8) is 0 Å². The maximum absolute atomic E-state index is 11.8. The van der Waals surface area contributed by atoms with E-state index in [2.05, 4.69) is 4.98 Å². The maximum atomic E-state index is 11.8. The number of carbonyl (C=O) groups is 2. The van der Waals surface area contributed by atoms with Gasteiger partial charge in [0, 0.05) is 18.0 Å². The summed E-state index contributed by atoms with van der Waals surface area (Å²) in [5.41, 5.74) is 4.96. The monoisotopic (exact) mass is 290 g/mol. The van der Waals surface area contributed by atoms with Gasteiger partial charge in [-0.15, -0.1) is 11.3 Å². The van der Waals surface area contributed by atoms with Gasteiger partial charge in [-0.25, -0.2) is 9.78 Å². The predicted molar refractivity (Wildman–Crippen MR) is 75.5 cm³/mol. The summed E-state index contributed by atoms with van der Waals surface area (Å²) in [6.07, 6.45) is 2.26. The van der Waals surface area contributed by atoms with Gasteiger partial charge in [-0.05, 0) is 5.56 Å². The van der Waals surface area contributed by atoms with Crippen LogP contribution in [0.25, 0.3) is 0 Å². The van der Waals surface area contributed by atoms with Crippen LogP contribution >= 0.6 is 11.3 Å². The summed E-state index contributed by atoms with van der Waals surface area (Å²) in [7, 11) is 0. The lowest BCUT2D eigenvalue weighted by molar-refractivity contribution is -0.145. The molecule has 3 N–H and O–H groups in total. The number of benzene rings is 1. The first-order valence-corrected chi connectivity index (χ1v) is 6.89. The van der Waals surface area contributed by atoms with Crippen LogP contribution in [-0.4, -0.2) is 22.3 Å². The molecule has 0 saturated heterocycles. The summed E-state index contributed by atoms with van der Waals surface area (Å²) < 4.78 is 0. The number of aromatic nitrogens is 1. The fraction of sp³-hybridized carbons (Fsp3) is 0.214. The molecule has 1 heterocycles. The van der Waals surface area contributed by atoms with E-state index in [-0.39, 0.29) is 6.42 Å². The molecule has 1 aromatic carbocycles. The highest BCUT2D eigenvalue weighted by Gasteiger charge is 2.45. The third-order valence-electron chi connectivity index (χ3n) is 3.24. The Morgan fingerprint density at radius 3 is 2.65 bits per heavy atom. The van der Waals surface area contributed by atoms with Gasteiger partial charge in [0.1, 0.15) is 11.8 Å². The molecule has 2 unspecified atom stereocenters. The molecule has 0 radical (unpaired) electrons. The SMILES string of the molecule is NC(C(=O)O)(c1ccccc1)C(CC=O)c1nccs1. The molecule has 2 atom stereocenters. The van der Waals surface area contributed by atoms with E-state index in [1.54, 1.807) is 41.9 Å². The van der Waals surface area contributed by atoms with E-state index in [1.165, 1.54) is 11.3 Å². The van der Waals surface area contributed by atoms with E-state index in [0.717, 1.165) is 0 Å². The Kier molecular flexibility index (Phi) is 4.26. The summed E-state index contributed by atoms with van der Waals surface area (Å²) >= 11 is 1.30. The molecule has 104 valence electrons. The minimum Gasteiger partial charge on any atom is -0.480 e. The minimum absolute atomic E-state index is 0.00517. The minimum atomic E-state index is -1.68. The van der Waals surface area contributed by atoms with E-state index in [4.69, 9.17) is 5.73 Å². The van der Waals surface area contributed by atoms with E-state index < -0.39 is 17.4 Å². The summed E-state index contributed by atoms with van der Waals surface area (Å²) in [6.45, 7) is 0. The molecular formula is C14H14N2O3S. The second-order valence-corrected chi connectivity index (χ2v) is 5.29. The van der Waals surface area contributed by atoms with Gasteiger partial charge in [0.25, 0.3) is 0 Å². The van der Waals surface area contributed by atoms with Crippen molar-refractivity contribution in [2.75, 3.05) is 0 Å². The fourth-order valence-corrected chi connectivity index (χ4v) is 3.00. The zero-order valence-electron chi connectivity index (χ0n) is 10.6. The number of thiazole rings is 1. The third kappa shape index (κ3) is 2.48. The van der Waals surface area contributed by atoms with Crippen LogP contribution in [-0.2, 0) is 15.1 Å². The Morgan fingerprint density at radius 1 is 1.45 bits per heavy atom. The smallest absolute Gasteiger partial charge is 0.329 e. The van der Waals surface area contributed by atoms with E-state index in [0.29, 0.717) is 16.9 Å². The molecule has 2 aromatic rings. The number of nitrogens with zero attached hydrogens (tertiary/aromatic N) is 1. The zero-order chi connectivity index (χ0) is 14.6. The van der Waals surface area contributed by atoms with Crippen LogP contribution in [0.5, 0.6) is 0 Å². The van der Waals surface area contributed by atoms with Gasteiger partial charge in [0.15, 0.2) is 0 Å². The summed E-state index contributed by atoms with van der Waals surface area (Å²) in [5.74, 6) is -1.87. The summed E-state index contributed by atoms with van der Waals surface area (Å²) in [6, 6.07) is 8.53. The lowest BCUT2D eigenvalue weighted by Gasteiger charge is -2.32. The number of carboxylic acids is 1. The van der Waals surface area contributed by atoms with Crippen LogP contribution in [0, 0.1) is 0 Å². The van der Waals surface area contributed by atoms with Crippen LogP contribution in [0.1, 0.15) is 22.9 Å². The van der Waals surface area contributed by atoms with Crippen LogP contribution in [0.15, 0.2) is 41.9 Å².